The summed E-state index contributed by atoms with van der Waals surface area (Å²) in [6.45, 7) is 6.03. The van der Waals surface area contributed by atoms with Gasteiger partial charge in [-0.1, -0.05) is 20.8 Å². The molecule has 20 heavy (non-hydrogen) atoms. The number of aromatic amines is 1. The van der Waals surface area contributed by atoms with Crippen molar-refractivity contribution in [1.82, 2.24) is 15.5 Å². The van der Waals surface area contributed by atoms with Gasteiger partial charge in [0.15, 0.2) is 0 Å². The molecule has 1 amide bonds. The first-order valence-electron chi connectivity index (χ1n) is 6.44. The Balaban J connectivity index is 2.16. The third-order valence-corrected chi connectivity index (χ3v) is 4.59. The molecule has 2 rings (SSSR count). The lowest BCUT2D eigenvalue weighted by molar-refractivity contribution is -0.143. The van der Waals surface area contributed by atoms with Crippen LogP contribution in [0.2, 0.25) is 0 Å². The summed E-state index contributed by atoms with van der Waals surface area (Å²) in [5, 5.41) is 18.8. The fourth-order valence-electron chi connectivity index (χ4n) is 1.99. The maximum atomic E-state index is 12.2. The van der Waals surface area contributed by atoms with Gasteiger partial charge >= 0.3 is 5.97 Å². The fourth-order valence-corrected chi connectivity index (χ4v) is 3.31. The van der Waals surface area contributed by atoms with Crippen LogP contribution in [0.1, 0.15) is 43.4 Å². The van der Waals surface area contributed by atoms with Gasteiger partial charge in [0.25, 0.3) is 5.91 Å². The number of rotatable bonds is 3. The van der Waals surface area contributed by atoms with Crippen molar-refractivity contribution in [3.8, 4) is 0 Å². The number of aromatic nitrogens is 2. The van der Waals surface area contributed by atoms with Crippen LogP contribution < -0.4 is 5.32 Å². The molecule has 1 aromatic rings. The number of nitrogens with zero attached hydrogens (tertiary/aromatic N) is 1. The van der Waals surface area contributed by atoms with E-state index in [1.165, 1.54) is 11.8 Å². The second kappa shape index (κ2) is 5.12. The van der Waals surface area contributed by atoms with Gasteiger partial charge in [-0.15, -0.1) is 0 Å². The summed E-state index contributed by atoms with van der Waals surface area (Å²) in [6, 6.07) is 1.67. The number of aliphatic carboxylic acids is 1. The van der Waals surface area contributed by atoms with Crippen molar-refractivity contribution in [2.24, 2.45) is 0 Å². The molecule has 1 aliphatic rings. The van der Waals surface area contributed by atoms with Gasteiger partial charge in [-0.3, -0.25) is 9.89 Å². The zero-order valence-corrected chi connectivity index (χ0v) is 12.6. The number of carboxylic acid groups (broad SMARTS) is 1. The number of carboxylic acids is 1. The van der Waals surface area contributed by atoms with E-state index < -0.39 is 17.4 Å². The van der Waals surface area contributed by atoms with E-state index in [1.807, 2.05) is 20.8 Å². The van der Waals surface area contributed by atoms with Crippen LogP contribution in [0, 0.1) is 0 Å². The Morgan fingerprint density at radius 2 is 2.20 bits per heavy atom. The molecule has 6 nitrogen and oxygen atoms in total. The molecule has 2 heterocycles. The van der Waals surface area contributed by atoms with Gasteiger partial charge in [0.05, 0.1) is 0 Å². The molecule has 0 bridgehead atoms. The van der Waals surface area contributed by atoms with Gasteiger partial charge in [0.1, 0.15) is 11.2 Å². The number of hydrogen-bond acceptors (Lipinski definition) is 4. The molecule has 3 N–H and O–H groups in total. The number of nitrogens with one attached hydrogen (secondary N) is 2. The lowest BCUT2D eigenvalue weighted by atomic mass is 9.92. The molecule has 1 aliphatic heterocycles. The van der Waals surface area contributed by atoms with E-state index in [0.29, 0.717) is 12.2 Å². The Morgan fingerprint density at radius 3 is 2.65 bits per heavy atom. The van der Waals surface area contributed by atoms with Crippen molar-refractivity contribution in [3.63, 3.8) is 0 Å². The molecule has 0 aliphatic carbocycles. The predicted octanol–water partition coefficient (Wildman–Crippen LogP) is 1.40. The Labute approximate surface area is 121 Å². The van der Waals surface area contributed by atoms with Crippen molar-refractivity contribution in [1.29, 1.82) is 0 Å². The topological polar surface area (TPSA) is 95.1 Å². The quantitative estimate of drug-likeness (QED) is 0.784. The first-order valence-corrected chi connectivity index (χ1v) is 7.60. The highest BCUT2D eigenvalue weighted by Crippen LogP contribution is 2.28. The maximum absolute atomic E-state index is 12.2. The second-order valence-electron chi connectivity index (χ2n) is 6.06. The minimum absolute atomic E-state index is 0.140. The SMILES string of the molecule is CC(C)(C)c1cc(C(=O)NC2(C(=O)O)CCSC2)n[nH]1. The van der Waals surface area contributed by atoms with Gasteiger partial charge in [0, 0.05) is 16.9 Å². The summed E-state index contributed by atoms with van der Waals surface area (Å²) in [7, 11) is 0. The van der Waals surface area contributed by atoms with Crippen LogP contribution in [-0.2, 0) is 10.2 Å². The minimum atomic E-state index is -1.16. The van der Waals surface area contributed by atoms with E-state index in [9.17, 15) is 14.7 Å². The highest BCUT2D eigenvalue weighted by atomic mass is 32.2. The summed E-state index contributed by atoms with van der Waals surface area (Å²) in [4.78, 5) is 23.6. The van der Waals surface area contributed by atoms with Crippen LogP contribution >= 0.6 is 11.8 Å². The Kier molecular flexibility index (Phi) is 3.82. The Bertz CT molecular complexity index is 527. The molecule has 1 saturated heterocycles. The molecule has 7 heteroatoms. The maximum Gasteiger partial charge on any atom is 0.330 e. The van der Waals surface area contributed by atoms with E-state index in [2.05, 4.69) is 15.5 Å². The first kappa shape index (κ1) is 14.9. The number of H-pyrrole nitrogens is 1. The highest BCUT2D eigenvalue weighted by Gasteiger charge is 2.43. The number of amides is 1. The third kappa shape index (κ3) is 2.82. The minimum Gasteiger partial charge on any atom is -0.479 e. The number of hydrogen-bond donors (Lipinski definition) is 3. The van der Waals surface area contributed by atoms with Gasteiger partial charge in [0.2, 0.25) is 0 Å². The van der Waals surface area contributed by atoms with E-state index in [1.54, 1.807) is 6.07 Å². The monoisotopic (exact) mass is 297 g/mol. The molecule has 1 atom stereocenters. The van der Waals surface area contributed by atoms with Crippen molar-refractivity contribution in [2.75, 3.05) is 11.5 Å². The summed E-state index contributed by atoms with van der Waals surface area (Å²) in [5.41, 5.74) is -0.234. The number of thioether (sulfide) groups is 1. The summed E-state index contributed by atoms with van der Waals surface area (Å²) in [6.07, 6.45) is 0.440. The van der Waals surface area contributed by atoms with Gasteiger partial charge in [-0.2, -0.15) is 16.9 Å². The average Bonchev–Trinajstić information content (AvgIpc) is 2.96. The normalized spacial score (nSPS) is 22.8. The zero-order chi connectivity index (χ0) is 15.0. The van der Waals surface area contributed by atoms with Gasteiger partial charge < -0.3 is 10.4 Å². The van der Waals surface area contributed by atoms with Crippen molar-refractivity contribution >= 4 is 23.6 Å². The molecule has 110 valence electrons. The fraction of sp³-hybridized carbons (Fsp3) is 0.615. The Hall–Kier alpha value is -1.50. The van der Waals surface area contributed by atoms with Crippen LogP contribution in [0.25, 0.3) is 0 Å². The van der Waals surface area contributed by atoms with E-state index in [-0.39, 0.29) is 11.1 Å². The zero-order valence-electron chi connectivity index (χ0n) is 11.8. The third-order valence-electron chi connectivity index (χ3n) is 3.40. The van der Waals surface area contributed by atoms with Crippen molar-refractivity contribution < 1.29 is 14.7 Å². The van der Waals surface area contributed by atoms with Crippen LogP contribution in [0.3, 0.4) is 0 Å². The summed E-state index contributed by atoms with van der Waals surface area (Å²) < 4.78 is 0. The molecule has 1 unspecified atom stereocenters. The summed E-state index contributed by atoms with van der Waals surface area (Å²) in [5.74, 6) is -0.297. The molecule has 0 saturated carbocycles. The first-order chi connectivity index (χ1) is 9.24. The largest absolute Gasteiger partial charge is 0.479 e. The molecule has 1 aromatic heterocycles. The van der Waals surface area contributed by atoms with E-state index in [4.69, 9.17) is 0 Å². The van der Waals surface area contributed by atoms with E-state index >= 15 is 0 Å². The van der Waals surface area contributed by atoms with Crippen molar-refractivity contribution in [2.45, 2.75) is 38.1 Å². The smallest absolute Gasteiger partial charge is 0.330 e. The molecule has 0 aromatic carbocycles. The average molecular weight is 297 g/mol. The van der Waals surface area contributed by atoms with Gasteiger partial charge in [-0.25, -0.2) is 4.79 Å². The van der Waals surface area contributed by atoms with Crippen LogP contribution in [0.4, 0.5) is 0 Å². The Morgan fingerprint density at radius 1 is 1.50 bits per heavy atom. The predicted molar refractivity (Wildman–Crippen MR) is 77.1 cm³/mol. The van der Waals surface area contributed by atoms with Gasteiger partial charge in [-0.05, 0) is 18.2 Å². The highest BCUT2D eigenvalue weighted by molar-refractivity contribution is 7.99. The lowest BCUT2D eigenvalue weighted by Crippen LogP contribution is -2.54. The molecular formula is C13H19N3O3S. The van der Waals surface area contributed by atoms with Crippen LogP contribution in [0.5, 0.6) is 0 Å². The number of carbonyl (C=O) groups is 2. The molecular weight excluding hydrogens is 278 g/mol. The molecule has 0 radical (unpaired) electrons. The molecule has 1 fully saturated rings. The second-order valence-corrected chi connectivity index (χ2v) is 7.17. The lowest BCUT2D eigenvalue weighted by Gasteiger charge is -2.23. The van der Waals surface area contributed by atoms with E-state index in [0.717, 1.165) is 11.4 Å². The number of carbonyl (C=O) groups excluding carboxylic acids is 1. The van der Waals surface area contributed by atoms with Crippen LogP contribution in [0.15, 0.2) is 6.07 Å². The summed E-state index contributed by atoms with van der Waals surface area (Å²) >= 11 is 1.53. The standard InChI is InChI=1S/C13H19N3O3S/c1-12(2,3)9-6-8(15-16-9)10(17)14-13(11(18)19)4-5-20-7-13/h6H,4-5,7H2,1-3H3,(H,14,17)(H,15,16)(H,18,19). The van der Waals surface area contributed by atoms with Crippen molar-refractivity contribution in [3.05, 3.63) is 17.5 Å². The van der Waals surface area contributed by atoms with Crippen LogP contribution in [-0.4, -0.2) is 44.2 Å². The molecule has 0 spiro atoms.